The lowest BCUT2D eigenvalue weighted by atomic mass is 10.2. The van der Waals surface area contributed by atoms with Gasteiger partial charge in [-0.05, 0) is 10.4 Å². The van der Waals surface area contributed by atoms with E-state index in [9.17, 15) is 0 Å². The average molecular weight is 329 g/mol. The summed E-state index contributed by atoms with van der Waals surface area (Å²) >= 11 is 3.25. The summed E-state index contributed by atoms with van der Waals surface area (Å²) in [4.78, 5) is 4.60. The monoisotopic (exact) mass is 329 g/mol. The van der Waals surface area contributed by atoms with Crippen molar-refractivity contribution in [1.29, 1.82) is 0 Å². The Morgan fingerprint density at radius 1 is 1.33 bits per heavy atom. The summed E-state index contributed by atoms with van der Waals surface area (Å²) in [6.07, 6.45) is -0.361. The van der Waals surface area contributed by atoms with Gasteiger partial charge in [-0.2, -0.15) is 0 Å². The highest BCUT2D eigenvalue weighted by atomic mass is 32.2. The smallest absolute Gasteiger partial charge is 0.209 e. The number of thiazole rings is 1. The molecule has 0 aliphatic heterocycles. The molecule has 116 valence electrons. The minimum Gasteiger partial charge on any atom is -0.354 e. The molecule has 2 aromatic rings. The Hall–Kier alpha value is -1.03. The van der Waals surface area contributed by atoms with Crippen molar-refractivity contribution in [3.63, 3.8) is 0 Å². The Morgan fingerprint density at radius 2 is 2.10 bits per heavy atom. The zero-order chi connectivity index (χ0) is 15.2. The van der Waals surface area contributed by atoms with Gasteiger partial charge in [0.15, 0.2) is 6.29 Å². The molecule has 0 aliphatic rings. The lowest BCUT2D eigenvalue weighted by Crippen LogP contribution is -2.21. The molecule has 2 rings (SSSR count). The first-order valence-corrected chi connectivity index (χ1v) is 8.39. The molecule has 0 amide bonds. The highest BCUT2D eigenvalue weighted by Crippen LogP contribution is 2.24. The van der Waals surface area contributed by atoms with Crippen molar-refractivity contribution in [1.82, 2.24) is 25.2 Å². The number of aromatic nitrogens is 5. The summed E-state index contributed by atoms with van der Waals surface area (Å²) in [5.41, 5.74) is 1.05. The van der Waals surface area contributed by atoms with Gasteiger partial charge in [0.1, 0.15) is 0 Å². The van der Waals surface area contributed by atoms with Crippen LogP contribution in [-0.2, 0) is 21.8 Å². The van der Waals surface area contributed by atoms with E-state index in [1.54, 1.807) is 42.0 Å². The highest BCUT2D eigenvalue weighted by Gasteiger charge is 2.14. The van der Waals surface area contributed by atoms with Crippen LogP contribution in [0.5, 0.6) is 0 Å². The second-order valence-electron chi connectivity index (χ2n) is 4.66. The molecule has 9 heteroatoms. The van der Waals surface area contributed by atoms with E-state index in [0.717, 1.165) is 21.6 Å². The number of thioether (sulfide) groups is 1. The summed E-state index contributed by atoms with van der Waals surface area (Å²) in [6, 6.07) is 0. The Balaban J connectivity index is 1.95. The van der Waals surface area contributed by atoms with Gasteiger partial charge in [0.2, 0.25) is 5.16 Å². The Labute approximate surface area is 132 Å². The van der Waals surface area contributed by atoms with Crippen molar-refractivity contribution in [3.8, 4) is 0 Å². The number of methoxy groups -OCH3 is 2. The molecule has 0 spiro atoms. The minimum absolute atomic E-state index is 0.361. The van der Waals surface area contributed by atoms with Crippen LogP contribution in [0.2, 0.25) is 0 Å². The normalized spacial score (nSPS) is 11.7. The van der Waals surface area contributed by atoms with Crippen LogP contribution in [-0.4, -0.2) is 45.7 Å². The lowest BCUT2D eigenvalue weighted by molar-refractivity contribution is -0.113. The first kappa shape index (κ1) is 16.3. The first-order chi connectivity index (χ1) is 10.1. The van der Waals surface area contributed by atoms with Crippen LogP contribution in [0, 0.1) is 0 Å². The maximum atomic E-state index is 5.16. The minimum atomic E-state index is -0.361. The van der Waals surface area contributed by atoms with E-state index in [4.69, 9.17) is 9.47 Å². The van der Waals surface area contributed by atoms with Crippen LogP contribution in [0.1, 0.15) is 30.5 Å². The third-order valence-electron chi connectivity index (χ3n) is 2.76. The van der Waals surface area contributed by atoms with Crippen LogP contribution in [0.15, 0.2) is 10.5 Å². The third-order valence-corrected chi connectivity index (χ3v) is 4.94. The average Bonchev–Trinajstić information content (AvgIpc) is 3.11. The quantitative estimate of drug-likeness (QED) is 0.542. The molecule has 0 bridgehead atoms. The topological polar surface area (TPSA) is 75.0 Å². The van der Waals surface area contributed by atoms with Crippen LogP contribution >= 0.6 is 23.1 Å². The number of hydrogen-bond donors (Lipinski definition) is 0. The fraction of sp³-hybridized carbons (Fsp3) is 0.667. The molecule has 2 heterocycles. The molecule has 0 aromatic carbocycles. The van der Waals surface area contributed by atoms with Gasteiger partial charge in [-0.1, -0.05) is 25.6 Å². The van der Waals surface area contributed by atoms with Gasteiger partial charge >= 0.3 is 0 Å². The van der Waals surface area contributed by atoms with E-state index in [2.05, 4.69) is 39.7 Å². The van der Waals surface area contributed by atoms with Gasteiger partial charge in [0.05, 0.1) is 17.2 Å². The van der Waals surface area contributed by atoms with Crippen LogP contribution < -0.4 is 0 Å². The van der Waals surface area contributed by atoms with Crippen molar-refractivity contribution in [2.45, 2.75) is 43.5 Å². The summed E-state index contributed by atoms with van der Waals surface area (Å²) in [6.45, 7) is 4.74. The Kier molecular flexibility index (Phi) is 6.09. The highest BCUT2D eigenvalue weighted by molar-refractivity contribution is 7.98. The fourth-order valence-electron chi connectivity index (χ4n) is 1.59. The molecule has 0 saturated heterocycles. The zero-order valence-electron chi connectivity index (χ0n) is 12.5. The van der Waals surface area contributed by atoms with Crippen molar-refractivity contribution < 1.29 is 9.47 Å². The summed E-state index contributed by atoms with van der Waals surface area (Å²) in [5.74, 6) is 1.21. The van der Waals surface area contributed by atoms with Crippen LogP contribution in [0.4, 0.5) is 0 Å². The van der Waals surface area contributed by atoms with Crippen molar-refractivity contribution >= 4 is 23.1 Å². The predicted octanol–water partition coefficient (Wildman–Crippen LogP) is 2.16. The Bertz CT molecular complexity index is 553. The summed E-state index contributed by atoms with van der Waals surface area (Å²) in [5, 5.41) is 15.7. The van der Waals surface area contributed by atoms with E-state index in [1.165, 1.54) is 0 Å². The second kappa shape index (κ2) is 7.83. The number of tetrazole rings is 1. The molecule has 0 aliphatic carbocycles. The molecule has 2 aromatic heterocycles. The molecule has 0 unspecified atom stereocenters. The molecule has 21 heavy (non-hydrogen) atoms. The number of ether oxygens (including phenoxy) is 2. The van der Waals surface area contributed by atoms with Gasteiger partial charge in [-0.25, -0.2) is 9.67 Å². The van der Waals surface area contributed by atoms with Gasteiger partial charge in [-0.3, -0.25) is 0 Å². The number of hydrogen-bond acceptors (Lipinski definition) is 8. The van der Waals surface area contributed by atoms with Crippen molar-refractivity contribution in [2.75, 3.05) is 14.2 Å². The predicted molar refractivity (Wildman–Crippen MR) is 81.4 cm³/mol. The van der Waals surface area contributed by atoms with Crippen molar-refractivity contribution in [3.05, 3.63) is 16.1 Å². The molecule has 0 saturated carbocycles. The van der Waals surface area contributed by atoms with Gasteiger partial charge in [0.25, 0.3) is 0 Å². The van der Waals surface area contributed by atoms with Crippen LogP contribution in [0.25, 0.3) is 0 Å². The standard InChI is InChI=1S/C12H19N5O2S2/c1-8(2)11-13-9(6-20-11)7-21-12-14-15-16-17(12)5-10(18-3)19-4/h6,8,10H,5,7H2,1-4H3. The number of nitrogens with zero attached hydrogens (tertiary/aromatic N) is 5. The molecular weight excluding hydrogens is 310 g/mol. The van der Waals surface area contributed by atoms with Crippen molar-refractivity contribution in [2.24, 2.45) is 0 Å². The second-order valence-corrected chi connectivity index (χ2v) is 6.50. The largest absolute Gasteiger partial charge is 0.354 e. The SMILES string of the molecule is COC(Cn1nnnc1SCc1csc(C(C)C)n1)OC. The third kappa shape index (κ3) is 4.47. The lowest BCUT2D eigenvalue weighted by Gasteiger charge is -2.13. The van der Waals surface area contributed by atoms with Gasteiger partial charge in [0, 0.05) is 31.3 Å². The van der Waals surface area contributed by atoms with Gasteiger partial charge in [-0.15, -0.1) is 16.4 Å². The maximum Gasteiger partial charge on any atom is 0.209 e. The summed E-state index contributed by atoms with van der Waals surface area (Å²) in [7, 11) is 3.18. The molecule has 0 N–H and O–H groups in total. The molecule has 0 radical (unpaired) electrons. The number of rotatable bonds is 8. The molecule has 0 atom stereocenters. The maximum absolute atomic E-state index is 5.16. The van der Waals surface area contributed by atoms with E-state index < -0.39 is 0 Å². The first-order valence-electron chi connectivity index (χ1n) is 6.53. The molecular formula is C12H19N5O2S2. The molecule has 0 fully saturated rings. The fourth-order valence-corrected chi connectivity index (χ4v) is 3.31. The van der Waals surface area contributed by atoms with Crippen LogP contribution in [0.3, 0.4) is 0 Å². The summed E-state index contributed by atoms with van der Waals surface area (Å²) < 4.78 is 12.0. The zero-order valence-corrected chi connectivity index (χ0v) is 14.1. The molecule has 7 nitrogen and oxygen atoms in total. The van der Waals surface area contributed by atoms with E-state index in [-0.39, 0.29) is 6.29 Å². The van der Waals surface area contributed by atoms with E-state index in [0.29, 0.717) is 12.5 Å². The Morgan fingerprint density at radius 3 is 2.71 bits per heavy atom. The van der Waals surface area contributed by atoms with E-state index in [1.807, 2.05) is 0 Å². The van der Waals surface area contributed by atoms with E-state index >= 15 is 0 Å². The van der Waals surface area contributed by atoms with Gasteiger partial charge < -0.3 is 9.47 Å².